The van der Waals surface area contributed by atoms with Gasteiger partial charge < -0.3 is 10.0 Å². The zero-order chi connectivity index (χ0) is 19.4. The van der Waals surface area contributed by atoms with Crippen LogP contribution < -0.4 is 0 Å². The standard InChI is InChI=1S/C23H29NO3/c1-3-6-20(21(23(26)27)13-17-11-9-16(2)10-12-17)22(25)24-14-18-7-4-5-8-19(18)15-24/h4-5,9-13,18-20H,3,6-8,14-15H2,1-2H3,(H,26,27)/t18-,19+,20?. The van der Waals surface area contributed by atoms with Crippen LogP contribution in [0.15, 0.2) is 42.0 Å². The van der Waals surface area contributed by atoms with E-state index in [0.717, 1.165) is 43.5 Å². The molecule has 3 rings (SSSR count). The minimum atomic E-state index is -0.999. The number of carbonyl (C=O) groups is 2. The maximum Gasteiger partial charge on any atom is 0.332 e. The number of carbonyl (C=O) groups excluding carboxylic acids is 1. The fourth-order valence-electron chi connectivity index (χ4n) is 4.27. The number of allylic oxidation sites excluding steroid dienone is 2. The number of likely N-dealkylation sites (tertiary alicyclic amines) is 1. The number of hydrogen-bond donors (Lipinski definition) is 1. The molecule has 0 spiro atoms. The number of nitrogens with zero attached hydrogens (tertiary/aromatic N) is 1. The molecule has 4 heteroatoms. The Kier molecular flexibility index (Phi) is 6.15. The van der Waals surface area contributed by atoms with Gasteiger partial charge in [0.25, 0.3) is 0 Å². The van der Waals surface area contributed by atoms with E-state index in [0.29, 0.717) is 18.3 Å². The van der Waals surface area contributed by atoms with Crippen LogP contribution >= 0.6 is 0 Å². The summed E-state index contributed by atoms with van der Waals surface area (Å²) < 4.78 is 0. The van der Waals surface area contributed by atoms with Crippen molar-refractivity contribution in [3.63, 3.8) is 0 Å². The van der Waals surface area contributed by atoms with Crippen molar-refractivity contribution in [2.45, 2.75) is 39.5 Å². The lowest BCUT2D eigenvalue weighted by Crippen LogP contribution is -2.37. The number of fused-ring (bicyclic) bond motifs is 1. The quantitative estimate of drug-likeness (QED) is 0.602. The molecule has 1 aliphatic carbocycles. The van der Waals surface area contributed by atoms with Gasteiger partial charge in [-0.05, 0) is 49.7 Å². The van der Waals surface area contributed by atoms with Crippen molar-refractivity contribution in [3.8, 4) is 0 Å². The zero-order valence-electron chi connectivity index (χ0n) is 16.2. The lowest BCUT2D eigenvalue weighted by molar-refractivity contribution is -0.139. The fourth-order valence-corrected chi connectivity index (χ4v) is 4.27. The Balaban J connectivity index is 1.84. The molecule has 144 valence electrons. The molecule has 1 fully saturated rings. The van der Waals surface area contributed by atoms with Crippen LogP contribution in [-0.4, -0.2) is 35.0 Å². The first-order chi connectivity index (χ1) is 13.0. The number of carboxylic acids is 1. The van der Waals surface area contributed by atoms with Crippen LogP contribution in [0.25, 0.3) is 6.08 Å². The highest BCUT2D eigenvalue weighted by Crippen LogP contribution is 2.35. The van der Waals surface area contributed by atoms with E-state index in [2.05, 4.69) is 12.2 Å². The first-order valence-corrected chi connectivity index (χ1v) is 9.95. The molecule has 1 aliphatic heterocycles. The molecule has 1 N–H and O–H groups in total. The highest BCUT2D eigenvalue weighted by molar-refractivity contribution is 6.00. The number of benzene rings is 1. The summed E-state index contributed by atoms with van der Waals surface area (Å²) in [4.78, 5) is 27.2. The van der Waals surface area contributed by atoms with Crippen molar-refractivity contribution >= 4 is 18.0 Å². The molecule has 1 aromatic rings. The Morgan fingerprint density at radius 1 is 1.15 bits per heavy atom. The van der Waals surface area contributed by atoms with Gasteiger partial charge in [0.15, 0.2) is 0 Å². The van der Waals surface area contributed by atoms with Crippen LogP contribution in [0.1, 0.15) is 43.7 Å². The molecular formula is C23H29NO3. The van der Waals surface area contributed by atoms with Gasteiger partial charge in [-0.1, -0.05) is 55.3 Å². The van der Waals surface area contributed by atoms with Crippen molar-refractivity contribution in [3.05, 3.63) is 53.1 Å². The second kappa shape index (κ2) is 8.55. The van der Waals surface area contributed by atoms with E-state index in [1.807, 2.05) is 43.0 Å². The topological polar surface area (TPSA) is 57.6 Å². The van der Waals surface area contributed by atoms with Gasteiger partial charge in [0, 0.05) is 18.7 Å². The third-order valence-electron chi connectivity index (χ3n) is 5.83. The van der Waals surface area contributed by atoms with Crippen molar-refractivity contribution in [2.24, 2.45) is 17.8 Å². The van der Waals surface area contributed by atoms with Crippen LogP contribution in [-0.2, 0) is 9.59 Å². The lowest BCUT2D eigenvalue weighted by Gasteiger charge is -2.24. The predicted molar refractivity (Wildman–Crippen MR) is 107 cm³/mol. The molecule has 1 aromatic carbocycles. The summed E-state index contributed by atoms with van der Waals surface area (Å²) in [5, 5.41) is 9.84. The molecule has 1 amide bonds. The number of rotatable bonds is 6. The van der Waals surface area contributed by atoms with Crippen LogP contribution in [0.4, 0.5) is 0 Å². The summed E-state index contributed by atoms with van der Waals surface area (Å²) in [5.41, 5.74) is 2.16. The summed E-state index contributed by atoms with van der Waals surface area (Å²) in [5.74, 6) is -0.555. The molecule has 1 saturated heterocycles. The minimum Gasteiger partial charge on any atom is -0.478 e. The van der Waals surface area contributed by atoms with Crippen molar-refractivity contribution in [1.29, 1.82) is 0 Å². The third kappa shape index (κ3) is 4.49. The Labute approximate surface area is 161 Å². The van der Waals surface area contributed by atoms with E-state index in [9.17, 15) is 14.7 Å². The van der Waals surface area contributed by atoms with E-state index in [4.69, 9.17) is 0 Å². The second-order valence-electron chi connectivity index (χ2n) is 7.86. The number of amides is 1. The fraction of sp³-hybridized carbons (Fsp3) is 0.478. The van der Waals surface area contributed by atoms with E-state index in [-0.39, 0.29) is 11.5 Å². The van der Waals surface area contributed by atoms with Crippen LogP contribution in [0.5, 0.6) is 0 Å². The molecule has 0 bridgehead atoms. The van der Waals surface area contributed by atoms with Gasteiger partial charge in [0.1, 0.15) is 0 Å². The van der Waals surface area contributed by atoms with Crippen LogP contribution in [0.3, 0.4) is 0 Å². The minimum absolute atomic E-state index is 0.0213. The molecule has 4 nitrogen and oxygen atoms in total. The molecule has 2 aliphatic rings. The van der Waals surface area contributed by atoms with Gasteiger partial charge in [-0.3, -0.25) is 4.79 Å². The summed E-state index contributed by atoms with van der Waals surface area (Å²) >= 11 is 0. The molecule has 0 aromatic heterocycles. The van der Waals surface area contributed by atoms with Gasteiger partial charge in [-0.25, -0.2) is 4.79 Å². The van der Waals surface area contributed by atoms with E-state index in [1.165, 1.54) is 0 Å². The monoisotopic (exact) mass is 367 g/mol. The molecule has 3 atom stereocenters. The lowest BCUT2D eigenvalue weighted by atomic mass is 9.86. The Hall–Kier alpha value is -2.36. The second-order valence-corrected chi connectivity index (χ2v) is 7.86. The predicted octanol–water partition coefficient (Wildman–Crippen LogP) is 4.30. The van der Waals surface area contributed by atoms with Crippen molar-refractivity contribution in [1.82, 2.24) is 4.90 Å². The molecule has 0 radical (unpaired) electrons. The van der Waals surface area contributed by atoms with Crippen LogP contribution in [0, 0.1) is 24.7 Å². The SMILES string of the molecule is CCCC(C(=O)N1C[C@H]2CC=CC[C@H]2C1)C(=Cc1ccc(C)cc1)C(=O)O. The summed E-state index contributed by atoms with van der Waals surface area (Å²) in [7, 11) is 0. The van der Waals surface area contributed by atoms with Gasteiger partial charge in [-0.15, -0.1) is 0 Å². The first-order valence-electron chi connectivity index (χ1n) is 9.95. The average Bonchev–Trinajstić information content (AvgIpc) is 3.09. The maximum atomic E-state index is 13.3. The first kappa shape index (κ1) is 19.4. The van der Waals surface area contributed by atoms with Gasteiger partial charge in [0.05, 0.1) is 5.92 Å². The molecule has 1 heterocycles. The Morgan fingerprint density at radius 2 is 1.74 bits per heavy atom. The Bertz CT molecular complexity index is 731. The number of carboxylic acid groups (broad SMARTS) is 1. The van der Waals surface area contributed by atoms with Gasteiger partial charge >= 0.3 is 5.97 Å². The van der Waals surface area contributed by atoms with E-state index < -0.39 is 11.9 Å². The van der Waals surface area contributed by atoms with Crippen LogP contribution in [0.2, 0.25) is 0 Å². The largest absolute Gasteiger partial charge is 0.478 e. The molecule has 1 unspecified atom stereocenters. The van der Waals surface area contributed by atoms with Crippen molar-refractivity contribution < 1.29 is 14.7 Å². The van der Waals surface area contributed by atoms with E-state index in [1.54, 1.807) is 6.08 Å². The average molecular weight is 367 g/mol. The Morgan fingerprint density at radius 3 is 2.26 bits per heavy atom. The number of aryl methyl sites for hydroxylation is 1. The number of hydrogen-bond acceptors (Lipinski definition) is 2. The third-order valence-corrected chi connectivity index (χ3v) is 5.83. The highest BCUT2D eigenvalue weighted by Gasteiger charge is 2.39. The smallest absolute Gasteiger partial charge is 0.332 e. The van der Waals surface area contributed by atoms with Gasteiger partial charge in [0.2, 0.25) is 5.91 Å². The molecule has 0 saturated carbocycles. The van der Waals surface area contributed by atoms with Gasteiger partial charge in [-0.2, -0.15) is 0 Å². The summed E-state index contributed by atoms with van der Waals surface area (Å²) in [6.45, 7) is 5.51. The number of aliphatic carboxylic acids is 1. The van der Waals surface area contributed by atoms with E-state index >= 15 is 0 Å². The normalized spacial score (nSPS) is 23.2. The summed E-state index contributed by atoms with van der Waals surface area (Å²) in [6, 6.07) is 7.73. The highest BCUT2D eigenvalue weighted by atomic mass is 16.4. The summed E-state index contributed by atoms with van der Waals surface area (Å²) in [6.07, 6.45) is 9.47. The molecular weight excluding hydrogens is 338 g/mol. The maximum absolute atomic E-state index is 13.3. The molecule has 27 heavy (non-hydrogen) atoms. The van der Waals surface area contributed by atoms with Crippen molar-refractivity contribution in [2.75, 3.05) is 13.1 Å². The zero-order valence-corrected chi connectivity index (χ0v) is 16.2.